The summed E-state index contributed by atoms with van der Waals surface area (Å²) in [5, 5.41) is -0.0679. The summed E-state index contributed by atoms with van der Waals surface area (Å²) in [4.78, 5) is 7.10. The van der Waals surface area contributed by atoms with Gasteiger partial charge in [0.25, 0.3) is 0 Å². The molecule has 1 heterocycles. The zero-order chi connectivity index (χ0) is 14.3. The highest BCUT2D eigenvalue weighted by molar-refractivity contribution is 6.20. The monoisotopic (exact) mass is 291 g/mol. The number of para-hydroxylation sites is 2. The SMILES string of the molecule is CC(Cl)c1nc2ccccc2n1CC1(N(C)C)CCC1. The second-order valence-electron chi connectivity index (χ2n) is 6.13. The first kappa shape index (κ1) is 13.9. The van der Waals surface area contributed by atoms with E-state index in [1.54, 1.807) is 0 Å². The summed E-state index contributed by atoms with van der Waals surface area (Å²) in [6.07, 6.45) is 3.82. The summed E-state index contributed by atoms with van der Waals surface area (Å²) in [7, 11) is 4.37. The van der Waals surface area contributed by atoms with Gasteiger partial charge in [-0.2, -0.15) is 0 Å². The summed E-state index contributed by atoms with van der Waals surface area (Å²) in [5.41, 5.74) is 2.51. The van der Waals surface area contributed by atoms with Crippen LogP contribution in [0.4, 0.5) is 0 Å². The Kier molecular flexibility index (Phi) is 3.51. The summed E-state index contributed by atoms with van der Waals surface area (Å²) in [6, 6.07) is 8.32. The van der Waals surface area contributed by atoms with E-state index in [4.69, 9.17) is 16.6 Å². The Balaban J connectivity index is 2.07. The number of fused-ring (bicyclic) bond motifs is 1. The highest BCUT2D eigenvalue weighted by atomic mass is 35.5. The summed E-state index contributed by atoms with van der Waals surface area (Å²) >= 11 is 6.35. The van der Waals surface area contributed by atoms with E-state index in [1.807, 2.05) is 13.0 Å². The Morgan fingerprint density at radius 3 is 2.60 bits per heavy atom. The molecule has 1 fully saturated rings. The first-order valence-corrected chi connectivity index (χ1v) is 7.74. The molecule has 0 saturated heterocycles. The largest absolute Gasteiger partial charge is 0.325 e. The van der Waals surface area contributed by atoms with Gasteiger partial charge in [0.1, 0.15) is 5.82 Å². The van der Waals surface area contributed by atoms with Crippen LogP contribution in [0.5, 0.6) is 0 Å². The van der Waals surface area contributed by atoms with Crippen molar-refractivity contribution >= 4 is 22.6 Å². The molecular weight excluding hydrogens is 270 g/mol. The van der Waals surface area contributed by atoms with Crippen LogP contribution in [-0.4, -0.2) is 34.1 Å². The molecule has 1 aromatic carbocycles. The van der Waals surface area contributed by atoms with E-state index in [0.29, 0.717) is 0 Å². The number of hydrogen-bond donors (Lipinski definition) is 0. The quantitative estimate of drug-likeness (QED) is 0.799. The maximum absolute atomic E-state index is 6.35. The highest BCUT2D eigenvalue weighted by Gasteiger charge is 2.40. The fourth-order valence-electron chi connectivity index (χ4n) is 3.19. The number of aromatic nitrogens is 2. The third-order valence-corrected chi connectivity index (χ3v) is 4.92. The molecule has 2 aromatic rings. The molecule has 1 aliphatic carbocycles. The number of nitrogens with zero attached hydrogens (tertiary/aromatic N) is 3. The standard InChI is InChI=1S/C16H22ClN3/c1-12(17)15-18-13-7-4-5-8-14(13)20(15)11-16(19(2)3)9-6-10-16/h4-5,7-8,12H,6,9-11H2,1-3H3. The summed E-state index contributed by atoms with van der Waals surface area (Å²) in [5.74, 6) is 0.987. The second kappa shape index (κ2) is 5.05. The average molecular weight is 292 g/mol. The van der Waals surface area contributed by atoms with E-state index in [-0.39, 0.29) is 10.9 Å². The maximum atomic E-state index is 6.35. The van der Waals surface area contributed by atoms with Gasteiger partial charge >= 0.3 is 0 Å². The normalized spacial score (nSPS) is 19.2. The van der Waals surface area contributed by atoms with Gasteiger partial charge in [-0.05, 0) is 52.4 Å². The van der Waals surface area contributed by atoms with Crippen molar-refractivity contribution in [3.63, 3.8) is 0 Å². The molecule has 1 saturated carbocycles. The van der Waals surface area contributed by atoms with Crippen molar-refractivity contribution in [3.8, 4) is 0 Å². The van der Waals surface area contributed by atoms with Gasteiger partial charge in [-0.1, -0.05) is 12.1 Å². The van der Waals surface area contributed by atoms with Gasteiger partial charge in [-0.3, -0.25) is 0 Å². The maximum Gasteiger partial charge on any atom is 0.127 e. The van der Waals surface area contributed by atoms with E-state index in [0.717, 1.165) is 17.9 Å². The Morgan fingerprint density at radius 2 is 2.05 bits per heavy atom. The minimum absolute atomic E-state index is 0.0679. The average Bonchev–Trinajstić information content (AvgIpc) is 2.72. The molecule has 0 bridgehead atoms. The topological polar surface area (TPSA) is 21.1 Å². The lowest BCUT2D eigenvalue weighted by Crippen LogP contribution is -2.53. The van der Waals surface area contributed by atoms with Crippen molar-refractivity contribution < 1.29 is 0 Å². The van der Waals surface area contributed by atoms with E-state index in [2.05, 4.69) is 41.8 Å². The predicted molar refractivity (Wildman–Crippen MR) is 84.3 cm³/mol. The number of imidazole rings is 1. The fourth-order valence-corrected chi connectivity index (χ4v) is 3.36. The molecule has 3 rings (SSSR count). The predicted octanol–water partition coefficient (Wildman–Crippen LogP) is 3.82. The zero-order valence-electron chi connectivity index (χ0n) is 12.4. The minimum Gasteiger partial charge on any atom is -0.325 e. The number of hydrogen-bond acceptors (Lipinski definition) is 2. The molecule has 0 N–H and O–H groups in total. The first-order chi connectivity index (χ1) is 9.53. The van der Waals surface area contributed by atoms with Crippen LogP contribution in [0.3, 0.4) is 0 Å². The molecule has 108 valence electrons. The molecular formula is C16H22ClN3. The van der Waals surface area contributed by atoms with Crippen molar-refractivity contribution in [2.75, 3.05) is 14.1 Å². The molecule has 0 radical (unpaired) electrons. The van der Waals surface area contributed by atoms with Crippen LogP contribution in [0.2, 0.25) is 0 Å². The zero-order valence-corrected chi connectivity index (χ0v) is 13.2. The van der Waals surface area contributed by atoms with Gasteiger partial charge in [0.15, 0.2) is 0 Å². The minimum atomic E-state index is -0.0679. The molecule has 4 heteroatoms. The molecule has 1 atom stereocenters. The van der Waals surface area contributed by atoms with Gasteiger partial charge in [0, 0.05) is 12.1 Å². The van der Waals surface area contributed by atoms with Crippen LogP contribution in [0, 0.1) is 0 Å². The number of likely N-dealkylation sites (N-methyl/N-ethyl adjacent to an activating group) is 1. The van der Waals surface area contributed by atoms with Crippen molar-refractivity contribution in [1.29, 1.82) is 0 Å². The summed E-state index contributed by atoms with van der Waals surface area (Å²) in [6.45, 7) is 2.98. The van der Waals surface area contributed by atoms with Crippen molar-refractivity contribution in [2.24, 2.45) is 0 Å². The lowest BCUT2D eigenvalue weighted by atomic mass is 9.75. The Labute approximate surface area is 125 Å². The Morgan fingerprint density at radius 1 is 1.35 bits per heavy atom. The van der Waals surface area contributed by atoms with E-state index < -0.39 is 0 Å². The van der Waals surface area contributed by atoms with Crippen LogP contribution < -0.4 is 0 Å². The van der Waals surface area contributed by atoms with Crippen LogP contribution in [0.15, 0.2) is 24.3 Å². The smallest absolute Gasteiger partial charge is 0.127 e. The van der Waals surface area contributed by atoms with E-state index >= 15 is 0 Å². The van der Waals surface area contributed by atoms with Crippen LogP contribution in [-0.2, 0) is 6.54 Å². The lowest BCUT2D eigenvalue weighted by Gasteiger charge is -2.48. The molecule has 20 heavy (non-hydrogen) atoms. The van der Waals surface area contributed by atoms with E-state index in [9.17, 15) is 0 Å². The summed E-state index contributed by atoms with van der Waals surface area (Å²) < 4.78 is 2.33. The molecule has 1 unspecified atom stereocenters. The molecule has 0 amide bonds. The lowest BCUT2D eigenvalue weighted by molar-refractivity contribution is 0.0427. The van der Waals surface area contributed by atoms with Crippen LogP contribution in [0.25, 0.3) is 11.0 Å². The number of rotatable bonds is 4. The molecule has 1 aromatic heterocycles. The fraction of sp³-hybridized carbons (Fsp3) is 0.562. The highest BCUT2D eigenvalue weighted by Crippen LogP contribution is 2.39. The van der Waals surface area contributed by atoms with Gasteiger partial charge in [0.2, 0.25) is 0 Å². The molecule has 3 nitrogen and oxygen atoms in total. The van der Waals surface area contributed by atoms with E-state index in [1.165, 1.54) is 24.8 Å². The Hall–Kier alpha value is -1.06. The van der Waals surface area contributed by atoms with Crippen LogP contribution in [0.1, 0.15) is 37.4 Å². The Bertz CT molecular complexity index is 611. The van der Waals surface area contributed by atoms with Crippen molar-refractivity contribution in [3.05, 3.63) is 30.1 Å². The molecule has 0 spiro atoms. The molecule has 0 aliphatic heterocycles. The van der Waals surface area contributed by atoms with Gasteiger partial charge in [0.05, 0.1) is 16.4 Å². The number of halogens is 1. The number of benzene rings is 1. The van der Waals surface area contributed by atoms with Gasteiger partial charge in [-0.25, -0.2) is 4.98 Å². The second-order valence-corrected chi connectivity index (χ2v) is 6.79. The molecule has 1 aliphatic rings. The van der Waals surface area contributed by atoms with Crippen molar-refractivity contribution in [2.45, 2.75) is 43.6 Å². The first-order valence-electron chi connectivity index (χ1n) is 7.30. The van der Waals surface area contributed by atoms with Gasteiger partial charge in [-0.15, -0.1) is 11.6 Å². The number of alkyl halides is 1. The van der Waals surface area contributed by atoms with Crippen LogP contribution >= 0.6 is 11.6 Å². The van der Waals surface area contributed by atoms with Gasteiger partial charge < -0.3 is 9.47 Å². The third kappa shape index (κ3) is 2.13. The third-order valence-electron chi connectivity index (χ3n) is 4.73. The van der Waals surface area contributed by atoms with Crippen molar-refractivity contribution in [1.82, 2.24) is 14.5 Å².